The molecule has 0 N–H and O–H groups in total. The first-order valence-corrected chi connectivity index (χ1v) is 11.4. The van der Waals surface area contributed by atoms with Crippen LogP contribution in [0.3, 0.4) is 0 Å². The fourth-order valence-corrected chi connectivity index (χ4v) is 5.64. The number of carbonyl (C=O) groups is 1. The van der Waals surface area contributed by atoms with Gasteiger partial charge >= 0.3 is 5.97 Å². The Morgan fingerprint density at radius 1 is 1.14 bits per heavy atom. The van der Waals surface area contributed by atoms with Gasteiger partial charge in [0.05, 0.1) is 17.1 Å². The topological polar surface area (TPSA) is 72.9 Å². The summed E-state index contributed by atoms with van der Waals surface area (Å²) >= 11 is 0. The number of benzene rings is 2. The van der Waals surface area contributed by atoms with E-state index in [9.17, 15) is 13.2 Å². The first kappa shape index (κ1) is 19.9. The van der Waals surface area contributed by atoms with Crippen LogP contribution in [0.4, 0.5) is 0 Å². The Hall–Kier alpha value is -2.38. The van der Waals surface area contributed by atoms with Crippen molar-refractivity contribution in [2.75, 3.05) is 19.7 Å². The van der Waals surface area contributed by atoms with Crippen molar-refractivity contribution in [3.63, 3.8) is 0 Å². The molecule has 0 unspecified atom stereocenters. The summed E-state index contributed by atoms with van der Waals surface area (Å²) in [6.45, 7) is 5.08. The SMILES string of the molecule is CCCOc1ccc(S(=O)(=O)N2CCC3(CC2)OC(=O)c2ccccc23)cc1C. The predicted molar refractivity (Wildman–Crippen MR) is 108 cm³/mol. The van der Waals surface area contributed by atoms with Crippen LogP contribution in [0, 0.1) is 6.92 Å². The van der Waals surface area contributed by atoms with Gasteiger partial charge in [-0.05, 0) is 43.2 Å². The van der Waals surface area contributed by atoms with E-state index in [2.05, 4.69) is 0 Å². The number of carbonyl (C=O) groups excluding carboxylic acids is 1. The van der Waals surface area contributed by atoms with Gasteiger partial charge in [0.2, 0.25) is 10.0 Å². The fourth-order valence-electron chi connectivity index (χ4n) is 4.11. The second-order valence-corrected chi connectivity index (χ2v) is 9.55. The van der Waals surface area contributed by atoms with E-state index in [-0.39, 0.29) is 10.9 Å². The van der Waals surface area contributed by atoms with Crippen molar-refractivity contribution in [2.45, 2.75) is 43.6 Å². The van der Waals surface area contributed by atoms with Gasteiger partial charge in [0, 0.05) is 31.5 Å². The highest BCUT2D eigenvalue weighted by atomic mass is 32.2. The third kappa shape index (κ3) is 3.42. The van der Waals surface area contributed by atoms with Crippen molar-refractivity contribution >= 4 is 16.0 Å². The molecule has 2 aliphatic heterocycles. The number of sulfonamides is 1. The number of hydrogen-bond donors (Lipinski definition) is 0. The van der Waals surface area contributed by atoms with Crippen LogP contribution in [-0.4, -0.2) is 38.4 Å². The lowest BCUT2D eigenvalue weighted by Crippen LogP contribution is -2.45. The van der Waals surface area contributed by atoms with Crippen molar-refractivity contribution in [2.24, 2.45) is 0 Å². The van der Waals surface area contributed by atoms with Crippen molar-refractivity contribution in [1.29, 1.82) is 0 Å². The third-order valence-electron chi connectivity index (χ3n) is 5.70. The van der Waals surface area contributed by atoms with E-state index in [1.54, 1.807) is 24.3 Å². The van der Waals surface area contributed by atoms with E-state index in [0.29, 0.717) is 43.9 Å². The number of nitrogens with zero attached hydrogens (tertiary/aromatic N) is 1. The zero-order chi connectivity index (χ0) is 20.6. The first-order chi connectivity index (χ1) is 13.9. The number of fused-ring (bicyclic) bond motifs is 2. The summed E-state index contributed by atoms with van der Waals surface area (Å²) in [5.74, 6) is 0.382. The largest absolute Gasteiger partial charge is 0.493 e. The maximum Gasteiger partial charge on any atom is 0.339 e. The molecule has 0 aliphatic carbocycles. The number of rotatable bonds is 5. The second kappa shape index (κ2) is 7.46. The van der Waals surface area contributed by atoms with E-state index in [4.69, 9.17) is 9.47 Å². The van der Waals surface area contributed by atoms with E-state index < -0.39 is 15.6 Å². The molecule has 7 heteroatoms. The first-order valence-electron chi connectivity index (χ1n) is 9.94. The molecule has 6 nitrogen and oxygen atoms in total. The Morgan fingerprint density at radius 3 is 2.55 bits per heavy atom. The van der Waals surface area contributed by atoms with Gasteiger partial charge in [0.25, 0.3) is 0 Å². The molecule has 1 spiro atoms. The van der Waals surface area contributed by atoms with E-state index in [1.165, 1.54) is 4.31 Å². The van der Waals surface area contributed by atoms with Crippen LogP contribution in [0.15, 0.2) is 47.4 Å². The second-order valence-electron chi connectivity index (χ2n) is 7.61. The highest BCUT2D eigenvalue weighted by molar-refractivity contribution is 7.89. The summed E-state index contributed by atoms with van der Waals surface area (Å²) in [7, 11) is -3.62. The predicted octanol–water partition coefficient (Wildman–Crippen LogP) is 3.63. The molecular weight excluding hydrogens is 390 g/mol. The quantitative estimate of drug-likeness (QED) is 0.697. The van der Waals surface area contributed by atoms with Gasteiger partial charge in [0.15, 0.2) is 0 Å². The van der Waals surface area contributed by atoms with Gasteiger partial charge in [-0.15, -0.1) is 0 Å². The molecule has 0 bridgehead atoms. The van der Waals surface area contributed by atoms with Gasteiger partial charge in [0.1, 0.15) is 11.4 Å². The standard InChI is InChI=1S/C22H25NO5S/c1-3-14-27-20-9-8-17(15-16(20)2)29(25,26)23-12-10-22(11-13-23)19-7-5-4-6-18(19)21(24)28-22/h4-9,15H,3,10-14H2,1-2H3. The molecule has 0 saturated carbocycles. The highest BCUT2D eigenvalue weighted by Crippen LogP contribution is 2.44. The Balaban J connectivity index is 1.53. The minimum absolute atomic E-state index is 0.263. The molecule has 0 radical (unpaired) electrons. The summed E-state index contributed by atoms with van der Waals surface area (Å²) in [6.07, 6.45) is 1.79. The molecule has 0 amide bonds. The minimum Gasteiger partial charge on any atom is -0.493 e. The van der Waals surface area contributed by atoms with Gasteiger partial charge < -0.3 is 9.47 Å². The molecule has 2 heterocycles. The summed E-state index contributed by atoms with van der Waals surface area (Å²) in [4.78, 5) is 12.5. The molecule has 154 valence electrons. The normalized spacial score (nSPS) is 18.5. The van der Waals surface area contributed by atoms with Crippen LogP contribution in [0.2, 0.25) is 0 Å². The monoisotopic (exact) mass is 415 g/mol. The van der Waals surface area contributed by atoms with E-state index >= 15 is 0 Å². The zero-order valence-electron chi connectivity index (χ0n) is 16.7. The Kier molecular flexibility index (Phi) is 5.12. The summed E-state index contributed by atoms with van der Waals surface area (Å²) in [6, 6.07) is 12.4. The van der Waals surface area contributed by atoms with Crippen LogP contribution in [0.1, 0.15) is 47.7 Å². The third-order valence-corrected chi connectivity index (χ3v) is 7.60. The fraction of sp³-hybridized carbons (Fsp3) is 0.409. The average molecular weight is 416 g/mol. The average Bonchev–Trinajstić information content (AvgIpc) is 2.99. The lowest BCUT2D eigenvalue weighted by molar-refractivity contribution is -0.0329. The highest BCUT2D eigenvalue weighted by Gasteiger charge is 2.48. The lowest BCUT2D eigenvalue weighted by atomic mass is 9.84. The maximum atomic E-state index is 13.2. The molecule has 2 aromatic rings. The van der Waals surface area contributed by atoms with Crippen LogP contribution in [0.25, 0.3) is 0 Å². The molecule has 1 saturated heterocycles. The van der Waals surface area contributed by atoms with Crippen LogP contribution in [-0.2, 0) is 20.4 Å². The number of hydrogen-bond acceptors (Lipinski definition) is 5. The van der Waals surface area contributed by atoms with E-state index in [0.717, 1.165) is 17.5 Å². The maximum absolute atomic E-state index is 13.2. The smallest absolute Gasteiger partial charge is 0.339 e. The van der Waals surface area contributed by atoms with Crippen LogP contribution in [0.5, 0.6) is 5.75 Å². The summed E-state index contributed by atoms with van der Waals surface area (Å²) in [5.41, 5.74) is 1.54. The molecule has 2 aromatic carbocycles. The molecule has 1 fully saturated rings. The van der Waals surface area contributed by atoms with Crippen molar-refractivity contribution in [3.8, 4) is 5.75 Å². The van der Waals surface area contributed by atoms with Crippen LogP contribution >= 0.6 is 0 Å². The van der Waals surface area contributed by atoms with Crippen molar-refractivity contribution in [3.05, 3.63) is 59.2 Å². The van der Waals surface area contributed by atoms with Gasteiger partial charge in [-0.3, -0.25) is 0 Å². The summed E-state index contributed by atoms with van der Waals surface area (Å²) in [5, 5.41) is 0. The van der Waals surface area contributed by atoms with Gasteiger partial charge in [-0.2, -0.15) is 4.31 Å². The van der Waals surface area contributed by atoms with E-state index in [1.807, 2.05) is 32.0 Å². The number of piperidine rings is 1. The van der Waals surface area contributed by atoms with Gasteiger partial charge in [-0.25, -0.2) is 13.2 Å². The molecule has 4 rings (SSSR count). The summed E-state index contributed by atoms with van der Waals surface area (Å²) < 4.78 is 39.2. The number of esters is 1. The van der Waals surface area contributed by atoms with Crippen molar-refractivity contribution in [1.82, 2.24) is 4.31 Å². The zero-order valence-corrected chi connectivity index (χ0v) is 17.5. The molecule has 0 aromatic heterocycles. The molecule has 2 aliphatic rings. The Labute approximate surface area is 171 Å². The molecule has 0 atom stereocenters. The number of aryl methyl sites for hydroxylation is 1. The van der Waals surface area contributed by atoms with Gasteiger partial charge in [-0.1, -0.05) is 25.1 Å². The Bertz CT molecular complexity index is 1040. The van der Waals surface area contributed by atoms with Crippen molar-refractivity contribution < 1.29 is 22.7 Å². The number of ether oxygens (including phenoxy) is 2. The molecule has 29 heavy (non-hydrogen) atoms. The molecular formula is C22H25NO5S. The minimum atomic E-state index is -3.62. The Morgan fingerprint density at radius 2 is 1.86 bits per heavy atom. The lowest BCUT2D eigenvalue weighted by Gasteiger charge is -2.37. The van der Waals surface area contributed by atoms with Crippen LogP contribution < -0.4 is 4.74 Å².